The Morgan fingerprint density at radius 1 is 0.176 bits per heavy atom. The van der Waals surface area contributed by atoms with Crippen LogP contribution in [0, 0.1) is 0 Å². The van der Waals surface area contributed by atoms with E-state index < -0.39 is 71.8 Å². The van der Waals surface area contributed by atoms with Crippen LogP contribution >= 0.6 is 0 Å². The van der Waals surface area contributed by atoms with Crippen LogP contribution < -0.4 is 18.9 Å². The summed E-state index contributed by atoms with van der Waals surface area (Å²) >= 11 is 0. The summed E-state index contributed by atoms with van der Waals surface area (Å²) in [4.78, 5) is 0. The molecule has 0 fully saturated rings. The summed E-state index contributed by atoms with van der Waals surface area (Å²) in [6.45, 7) is 0. The van der Waals surface area contributed by atoms with E-state index >= 15 is 0 Å². The van der Waals surface area contributed by atoms with Gasteiger partial charge in [-0.25, -0.2) is 0 Å². The summed E-state index contributed by atoms with van der Waals surface area (Å²) in [6, 6.07) is 57.9. The summed E-state index contributed by atoms with van der Waals surface area (Å²) in [6.07, 6.45) is -3.66. The summed E-state index contributed by atoms with van der Waals surface area (Å²) in [5, 5.41) is 161. The Bertz CT molecular complexity index is 5370. The van der Waals surface area contributed by atoms with Gasteiger partial charge in [-0.15, -0.1) is 0 Å². The van der Waals surface area contributed by atoms with Crippen LogP contribution in [0.5, 0.6) is 103 Å². The summed E-state index contributed by atoms with van der Waals surface area (Å²) in [5.41, 5.74) is 9.97. The molecule has 18 heteroatoms. The fraction of sp³-hybridized carbons (Fsp3) is 0.143. The highest BCUT2D eigenvalue weighted by atomic mass is 16.5. The Hall–Kier alpha value is -13.0. The number of rotatable bonds is 10. The van der Waals surface area contributed by atoms with E-state index in [9.17, 15) is 71.5 Å². The maximum absolute atomic E-state index is 13.5. The Morgan fingerprint density at radius 2 is 0.510 bits per heavy atom. The average Bonchev–Trinajstić information content (AvgIpc) is 1.51. The van der Waals surface area contributed by atoms with Gasteiger partial charge >= 0.3 is 0 Å². The first-order valence-electron chi connectivity index (χ1n) is 33.3. The zero-order chi connectivity index (χ0) is 70.0. The van der Waals surface area contributed by atoms with Crippen LogP contribution in [0.25, 0.3) is 0 Å². The minimum Gasteiger partial charge on any atom is -0.508 e. The third-order valence-electron chi connectivity index (χ3n) is 21.5. The largest absolute Gasteiger partial charge is 0.508 e. The third kappa shape index (κ3) is 9.68. The molecule has 4 heterocycles. The van der Waals surface area contributed by atoms with Crippen LogP contribution in [-0.4, -0.2) is 71.5 Å². The Balaban J connectivity index is 0.872. The summed E-state index contributed by atoms with van der Waals surface area (Å²) in [5.74, 6) is -7.37. The van der Waals surface area contributed by atoms with Crippen molar-refractivity contribution in [3.05, 3.63) is 319 Å². The van der Waals surface area contributed by atoms with E-state index in [0.717, 1.165) is 5.56 Å². The molecule has 18 nitrogen and oxygen atoms in total. The minimum atomic E-state index is -1.06. The molecule has 0 aromatic heterocycles. The van der Waals surface area contributed by atoms with E-state index in [-0.39, 0.29) is 97.7 Å². The second-order valence-corrected chi connectivity index (χ2v) is 27.4. The lowest BCUT2D eigenvalue weighted by Crippen LogP contribution is -2.28. The van der Waals surface area contributed by atoms with Gasteiger partial charge < -0.3 is 90.4 Å². The van der Waals surface area contributed by atoms with Crippen molar-refractivity contribution >= 4 is 0 Å². The van der Waals surface area contributed by atoms with Crippen molar-refractivity contribution in [2.45, 2.75) is 71.8 Å². The summed E-state index contributed by atoms with van der Waals surface area (Å²) < 4.78 is 28.4. The number of aromatic hydroxyl groups is 14. The van der Waals surface area contributed by atoms with Gasteiger partial charge in [-0.2, -0.15) is 0 Å². The highest BCUT2D eigenvalue weighted by molar-refractivity contribution is 5.77. The first-order valence-corrected chi connectivity index (χ1v) is 33.3. The average molecular weight is 1360 g/mol. The van der Waals surface area contributed by atoms with Crippen molar-refractivity contribution in [3.63, 3.8) is 0 Å². The smallest absolute Gasteiger partial charge is 0.135 e. The van der Waals surface area contributed by atoms with Crippen LogP contribution in [0.2, 0.25) is 0 Å². The number of hydrogen-bond donors (Lipinski definition) is 14. The van der Waals surface area contributed by atoms with Crippen molar-refractivity contribution in [2.24, 2.45) is 0 Å². The normalized spacial score (nSPS) is 22.8. The van der Waals surface area contributed by atoms with Crippen molar-refractivity contribution in [1.29, 1.82) is 0 Å². The monoisotopic (exact) mass is 1360 g/mol. The molecule has 14 N–H and O–H groups in total. The lowest BCUT2D eigenvalue weighted by Gasteiger charge is -2.41. The van der Waals surface area contributed by atoms with Crippen LogP contribution in [0.4, 0.5) is 0 Å². The molecule has 102 heavy (non-hydrogen) atoms. The number of hydrogen-bond acceptors (Lipinski definition) is 18. The van der Waals surface area contributed by atoms with E-state index in [1.807, 2.05) is 30.3 Å². The molecule has 0 saturated carbocycles. The topological polar surface area (TPSA) is 320 Å². The fourth-order valence-corrected chi connectivity index (χ4v) is 17.8. The molecule has 2 aliphatic carbocycles. The zero-order valence-corrected chi connectivity index (χ0v) is 53.6. The van der Waals surface area contributed by atoms with E-state index in [1.165, 1.54) is 72.8 Å². The van der Waals surface area contributed by atoms with Crippen molar-refractivity contribution in [1.82, 2.24) is 0 Å². The molecular formula is C84H62O18. The van der Waals surface area contributed by atoms with Crippen LogP contribution in [0.3, 0.4) is 0 Å². The zero-order valence-electron chi connectivity index (χ0n) is 53.6. The van der Waals surface area contributed by atoms with Crippen LogP contribution in [0.1, 0.15) is 172 Å². The predicted octanol–water partition coefficient (Wildman–Crippen LogP) is 15.8. The molecule has 0 amide bonds. The van der Waals surface area contributed by atoms with E-state index in [1.54, 1.807) is 115 Å². The summed E-state index contributed by atoms with van der Waals surface area (Å²) in [7, 11) is 0. The van der Waals surface area contributed by atoms with Crippen molar-refractivity contribution in [3.8, 4) is 103 Å². The molecule has 506 valence electrons. The predicted molar refractivity (Wildman–Crippen MR) is 371 cm³/mol. The Morgan fingerprint density at radius 3 is 0.951 bits per heavy atom. The van der Waals surface area contributed by atoms with Crippen LogP contribution in [-0.2, 0) is 0 Å². The highest BCUT2D eigenvalue weighted by Crippen LogP contribution is 2.74. The lowest BCUT2D eigenvalue weighted by molar-refractivity contribution is 0.219. The first kappa shape index (κ1) is 61.4. The van der Waals surface area contributed by atoms with Gasteiger partial charge in [0, 0.05) is 93.5 Å². The number of fused-ring (bicyclic) bond motifs is 13. The second-order valence-electron chi connectivity index (χ2n) is 27.4. The molecule has 6 aliphatic rings. The van der Waals surface area contributed by atoms with Crippen molar-refractivity contribution in [2.75, 3.05) is 0 Å². The van der Waals surface area contributed by atoms with E-state index in [0.29, 0.717) is 100 Å². The first-order chi connectivity index (χ1) is 49.3. The molecule has 18 rings (SSSR count). The molecule has 12 aromatic rings. The third-order valence-corrected chi connectivity index (χ3v) is 21.5. The minimum absolute atomic E-state index is 0.00297. The van der Waals surface area contributed by atoms with Gasteiger partial charge in [0.15, 0.2) is 0 Å². The van der Waals surface area contributed by atoms with Crippen molar-refractivity contribution < 1.29 is 90.4 Å². The maximum atomic E-state index is 13.5. The Labute approximate surface area is 581 Å². The molecule has 0 saturated heterocycles. The number of benzene rings is 12. The molecule has 0 unspecified atom stereocenters. The van der Waals surface area contributed by atoms with Gasteiger partial charge in [0.2, 0.25) is 0 Å². The number of ether oxygens (including phenoxy) is 4. The highest BCUT2D eigenvalue weighted by Gasteiger charge is 2.60. The molecule has 12 aromatic carbocycles. The number of phenolic OH excluding ortho intramolecular Hbond substituents is 14. The maximum Gasteiger partial charge on any atom is 0.135 e. The molecule has 12 atom stereocenters. The fourth-order valence-electron chi connectivity index (χ4n) is 17.8. The standard InChI is InChI=1S/C84H62O18/c85-46-12-1-37(2-13-46)66-73-60(97)35-64-75(69(44-25-53(92)31-54(93)26-44)82(101-64)40-7-18-49(88)19-8-40)79(73)78-67(38-3-14-47(86)15-4-38)77(66)80-74(78)61(98)36-65-76(80)70(45-27-55(94)32-56(95)28-45)84(102-65)42-11-22-62-58(29-42)71(83(99-62)41-9-20-50(89)21-10-41)59-33-57(96)34-63-72(59)68(43-23-51(90)30-52(91)24-43)81(100-63)39-5-16-48(87)17-6-39/h1-36,66-71,77-78,81-98H/t66-,67+,68+,69-,70-,71-,77+,78-,81-,82+,83-,84+/m1/s1. The Kier molecular flexibility index (Phi) is 13.7. The molecular weight excluding hydrogens is 1300 g/mol. The van der Waals surface area contributed by atoms with Gasteiger partial charge in [-0.05, 0) is 182 Å². The molecule has 0 radical (unpaired) electrons. The number of phenols is 14. The quantitative estimate of drug-likeness (QED) is 0.0605. The van der Waals surface area contributed by atoms with Gasteiger partial charge in [0.05, 0.1) is 23.7 Å². The van der Waals surface area contributed by atoms with Gasteiger partial charge in [-0.1, -0.05) is 66.7 Å². The van der Waals surface area contributed by atoms with Gasteiger partial charge in [0.1, 0.15) is 128 Å². The van der Waals surface area contributed by atoms with E-state index in [4.69, 9.17) is 18.9 Å². The molecule has 2 bridgehead atoms. The van der Waals surface area contributed by atoms with E-state index in [2.05, 4.69) is 0 Å². The van der Waals surface area contributed by atoms with Gasteiger partial charge in [0.25, 0.3) is 0 Å². The SMILES string of the molecule is Oc1ccc([C@@H]2c3c(O)cc4c(c3[C@H]3c5c(O)cc6c(c5[C@@H]2[C@@H]3c2ccc(O)cc2)[C@@H](c2cc(O)cc(O)c2)[C@H](c2ccc3c(c2)[C@H](c2cc(O)cc5c2[C@H](c2cc(O)cc(O)c2)[C@@H](c2ccc(O)cc2)O5)[C@@H](c2ccc(O)cc2)O3)O6)[C@@H](c2cc(O)cc(O)c2)[C@H](c2ccc(O)cc2)O4)cc1. The second kappa shape index (κ2) is 22.8. The molecule has 4 aliphatic heterocycles. The lowest BCUT2D eigenvalue weighted by atomic mass is 9.60. The van der Waals surface area contributed by atoms with Gasteiger partial charge in [-0.3, -0.25) is 0 Å². The van der Waals surface area contributed by atoms with Crippen LogP contribution in [0.15, 0.2) is 218 Å². The molecule has 0 spiro atoms.